The molecule has 1 rings (SSSR count). The zero-order valence-corrected chi connectivity index (χ0v) is 14.3. The van der Waals surface area contributed by atoms with Crippen molar-refractivity contribution in [2.45, 2.75) is 6.42 Å². The van der Waals surface area contributed by atoms with Crippen LogP contribution in [0.4, 0.5) is 0 Å². The van der Waals surface area contributed by atoms with Crippen LogP contribution in [0.3, 0.4) is 0 Å². The van der Waals surface area contributed by atoms with Gasteiger partial charge in [-0.05, 0) is 17.7 Å². The maximum absolute atomic E-state index is 11.8. The number of sulfonamides is 1. The van der Waals surface area contributed by atoms with Gasteiger partial charge in [0.05, 0.1) is 19.3 Å². The van der Waals surface area contributed by atoms with Crippen molar-refractivity contribution in [3.05, 3.63) is 34.9 Å². The molecule has 6 nitrogen and oxygen atoms in total. The third-order valence-corrected chi connectivity index (χ3v) is 4.53. The number of nitrogens with zero attached hydrogens (tertiary/aromatic N) is 1. The van der Waals surface area contributed by atoms with Crippen LogP contribution in [-0.2, 0) is 26.0 Å². The molecule has 0 spiro atoms. The van der Waals surface area contributed by atoms with Crippen LogP contribution in [0.1, 0.15) is 5.56 Å². The summed E-state index contributed by atoms with van der Waals surface area (Å²) in [5.41, 5.74) is 0.848. The van der Waals surface area contributed by atoms with Crippen molar-refractivity contribution >= 4 is 27.5 Å². The molecule has 0 radical (unpaired) electrons. The molecule has 0 unspecified atom stereocenters. The van der Waals surface area contributed by atoms with Gasteiger partial charge in [-0.15, -0.1) is 0 Å². The molecule has 0 saturated carbocycles. The Morgan fingerprint density at radius 3 is 2.45 bits per heavy atom. The molecule has 0 saturated heterocycles. The van der Waals surface area contributed by atoms with Crippen molar-refractivity contribution in [3.8, 4) is 0 Å². The molecule has 22 heavy (non-hydrogen) atoms. The molecule has 0 bridgehead atoms. The molecule has 0 aromatic heterocycles. The van der Waals surface area contributed by atoms with Crippen molar-refractivity contribution < 1.29 is 17.9 Å². The van der Waals surface area contributed by atoms with E-state index in [1.165, 1.54) is 11.4 Å². The summed E-state index contributed by atoms with van der Waals surface area (Å²) in [5.74, 6) is -0.164. The Morgan fingerprint density at radius 1 is 1.27 bits per heavy atom. The lowest BCUT2D eigenvalue weighted by atomic mass is 10.1. The Balaban J connectivity index is 2.40. The monoisotopic (exact) mass is 348 g/mol. The molecule has 1 aromatic carbocycles. The first-order chi connectivity index (χ1) is 10.3. The fraction of sp³-hybridized carbons (Fsp3) is 0.500. The van der Waals surface area contributed by atoms with Gasteiger partial charge < -0.3 is 10.1 Å². The second-order valence-corrected chi connectivity index (χ2v) is 7.23. The number of hydrogen-bond donors (Lipinski definition) is 1. The quantitative estimate of drug-likeness (QED) is 0.719. The van der Waals surface area contributed by atoms with E-state index in [4.69, 9.17) is 16.3 Å². The van der Waals surface area contributed by atoms with Crippen molar-refractivity contribution in [3.63, 3.8) is 0 Å². The van der Waals surface area contributed by atoms with Gasteiger partial charge in [0.2, 0.25) is 15.9 Å². The second kappa shape index (κ2) is 9.09. The van der Waals surface area contributed by atoms with Crippen LogP contribution < -0.4 is 5.32 Å². The van der Waals surface area contributed by atoms with Crippen molar-refractivity contribution in [2.24, 2.45) is 0 Å². The first kappa shape index (κ1) is 18.9. The minimum absolute atomic E-state index is 0.164. The van der Waals surface area contributed by atoms with Gasteiger partial charge in [0.1, 0.15) is 0 Å². The summed E-state index contributed by atoms with van der Waals surface area (Å²) in [5, 5.41) is 3.32. The SMILES string of the molecule is COCCN(CCNC(=O)Cc1ccc(Cl)cc1)S(C)(=O)=O. The van der Waals surface area contributed by atoms with E-state index in [0.717, 1.165) is 11.8 Å². The zero-order chi connectivity index (χ0) is 16.6. The minimum Gasteiger partial charge on any atom is -0.383 e. The number of halogens is 1. The van der Waals surface area contributed by atoms with E-state index in [2.05, 4.69) is 5.32 Å². The van der Waals surface area contributed by atoms with Crippen LogP contribution in [0.15, 0.2) is 24.3 Å². The van der Waals surface area contributed by atoms with Crippen LogP contribution in [0.2, 0.25) is 5.02 Å². The highest BCUT2D eigenvalue weighted by atomic mass is 35.5. The van der Waals surface area contributed by atoms with E-state index in [1.54, 1.807) is 24.3 Å². The molecule has 0 aliphatic rings. The van der Waals surface area contributed by atoms with Crippen LogP contribution in [-0.4, -0.2) is 58.2 Å². The van der Waals surface area contributed by atoms with Crippen LogP contribution in [0.5, 0.6) is 0 Å². The number of ether oxygens (including phenoxy) is 1. The third kappa shape index (κ3) is 7.22. The molecule has 0 aliphatic carbocycles. The molecule has 8 heteroatoms. The van der Waals surface area contributed by atoms with E-state index in [1.807, 2.05) is 0 Å². The van der Waals surface area contributed by atoms with Gasteiger partial charge in [0, 0.05) is 31.8 Å². The number of carbonyl (C=O) groups is 1. The van der Waals surface area contributed by atoms with E-state index in [-0.39, 0.29) is 32.0 Å². The Labute approximate surface area is 136 Å². The average molecular weight is 349 g/mol. The van der Waals surface area contributed by atoms with E-state index < -0.39 is 10.0 Å². The Bertz CT molecular complexity index is 575. The zero-order valence-electron chi connectivity index (χ0n) is 12.7. The summed E-state index contributed by atoms with van der Waals surface area (Å²) < 4.78 is 29.3. The first-order valence-electron chi connectivity index (χ1n) is 6.78. The molecule has 1 amide bonds. The molecule has 0 heterocycles. The maximum atomic E-state index is 11.8. The summed E-state index contributed by atoms with van der Waals surface area (Å²) in [6.45, 7) is 1.05. The highest BCUT2D eigenvalue weighted by Crippen LogP contribution is 2.09. The third-order valence-electron chi connectivity index (χ3n) is 2.98. The minimum atomic E-state index is -3.31. The van der Waals surface area contributed by atoms with Gasteiger partial charge in [-0.1, -0.05) is 23.7 Å². The van der Waals surface area contributed by atoms with Gasteiger partial charge in [0.25, 0.3) is 0 Å². The maximum Gasteiger partial charge on any atom is 0.224 e. The summed E-state index contributed by atoms with van der Waals surface area (Å²) in [6.07, 6.45) is 1.37. The van der Waals surface area contributed by atoms with Gasteiger partial charge in [0.15, 0.2) is 0 Å². The fourth-order valence-electron chi connectivity index (χ4n) is 1.81. The molecular weight excluding hydrogens is 328 g/mol. The summed E-state index contributed by atoms with van der Waals surface area (Å²) in [4.78, 5) is 11.8. The Kier molecular flexibility index (Phi) is 7.81. The number of methoxy groups -OCH3 is 1. The predicted molar refractivity (Wildman–Crippen MR) is 86.5 cm³/mol. The van der Waals surface area contributed by atoms with Crippen LogP contribution >= 0.6 is 11.6 Å². The molecule has 0 aliphatic heterocycles. The van der Waals surface area contributed by atoms with Gasteiger partial charge in [-0.25, -0.2) is 8.42 Å². The topological polar surface area (TPSA) is 75.7 Å². The highest BCUT2D eigenvalue weighted by molar-refractivity contribution is 7.88. The normalized spacial score (nSPS) is 11.6. The molecule has 0 fully saturated rings. The van der Waals surface area contributed by atoms with Crippen molar-refractivity contribution in [2.75, 3.05) is 39.6 Å². The predicted octanol–water partition coefficient (Wildman–Crippen LogP) is 0.907. The molecule has 1 N–H and O–H groups in total. The van der Waals surface area contributed by atoms with E-state index in [9.17, 15) is 13.2 Å². The number of benzene rings is 1. The number of hydrogen-bond acceptors (Lipinski definition) is 4. The van der Waals surface area contributed by atoms with E-state index in [0.29, 0.717) is 11.6 Å². The summed E-state index contributed by atoms with van der Waals surface area (Å²) in [7, 11) is -1.80. The fourth-order valence-corrected chi connectivity index (χ4v) is 2.76. The lowest BCUT2D eigenvalue weighted by molar-refractivity contribution is -0.120. The summed E-state index contributed by atoms with van der Waals surface area (Å²) in [6, 6.07) is 7.01. The number of nitrogens with one attached hydrogen (secondary N) is 1. The van der Waals surface area contributed by atoms with Gasteiger partial charge >= 0.3 is 0 Å². The van der Waals surface area contributed by atoms with Crippen molar-refractivity contribution in [1.29, 1.82) is 0 Å². The lowest BCUT2D eigenvalue weighted by Gasteiger charge is -2.19. The molecule has 0 atom stereocenters. The first-order valence-corrected chi connectivity index (χ1v) is 9.00. The van der Waals surface area contributed by atoms with Crippen molar-refractivity contribution in [1.82, 2.24) is 9.62 Å². The van der Waals surface area contributed by atoms with Gasteiger partial charge in [-0.2, -0.15) is 4.31 Å². The number of rotatable bonds is 9. The standard InChI is InChI=1S/C14H21ClN2O4S/c1-21-10-9-17(22(2,19)20)8-7-16-14(18)11-12-3-5-13(15)6-4-12/h3-6H,7-11H2,1-2H3,(H,16,18). The Morgan fingerprint density at radius 2 is 1.91 bits per heavy atom. The van der Waals surface area contributed by atoms with Gasteiger partial charge in [-0.3, -0.25) is 4.79 Å². The largest absolute Gasteiger partial charge is 0.383 e. The molecular formula is C14H21ClN2O4S. The number of amides is 1. The Hall–Kier alpha value is -1.15. The van der Waals surface area contributed by atoms with E-state index >= 15 is 0 Å². The summed E-state index contributed by atoms with van der Waals surface area (Å²) >= 11 is 5.78. The van der Waals surface area contributed by atoms with Crippen LogP contribution in [0.25, 0.3) is 0 Å². The molecule has 1 aromatic rings. The average Bonchev–Trinajstić information content (AvgIpc) is 2.43. The van der Waals surface area contributed by atoms with Crippen LogP contribution in [0, 0.1) is 0 Å². The smallest absolute Gasteiger partial charge is 0.224 e. The second-order valence-electron chi connectivity index (χ2n) is 4.81. The highest BCUT2D eigenvalue weighted by Gasteiger charge is 2.16. The number of carbonyl (C=O) groups excluding carboxylic acids is 1. The molecule has 124 valence electrons. The lowest BCUT2D eigenvalue weighted by Crippen LogP contribution is -2.40.